The van der Waals surface area contributed by atoms with Crippen molar-refractivity contribution >= 4 is 33.3 Å². The number of aliphatic carboxylic acids is 1. The smallest absolute Gasteiger partial charge is 0.309 e. The van der Waals surface area contributed by atoms with Crippen molar-refractivity contribution in [1.82, 2.24) is 19.4 Å². The highest BCUT2D eigenvalue weighted by molar-refractivity contribution is 7.89. The normalized spacial score (nSPS) is 18.7. The van der Waals surface area contributed by atoms with Crippen molar-refractivity contribution in [2.24, 2.45) is 0 Å². The van der Waals surface area contributed by atoms with Gasteiger partial charge in [-0.15, -0.1) is 0 Å². The van der Waals surface area contributed by atoms with Gasteiger partial charge in [-0.2, -0.15) is 9.40 Å². The third-order valence-electron chi connectivity index (χ3n) is 5.71. The number of nitrogens with one attached hydrogen (secondary N) is 1. The molecule has 0 unspecified atom stereocenters. The minimum Gasteiger partial charge on any atom is -0.491 e. The number of ether oxygens (including phenoxy) is 1. The molecule has 3 aromatic rings. The van der Waals surface area contributed by atoms with Crippen molar-refractivity contribution in [2.45, 2.75) is 49.9 Å². The summed E-state index contributed by atoms with van der Waals surface area (Å²) in [6.45, 7) is 3.66. The standard InChI is InChI=1S/C23H25FN4O6S/c1-14(2)34-17-4-6-18(7-5-17)35(32,33)27-12-16(10-22(27)25-13-29)28-21-9-15(24)3-8-19(21)20(26-28)11-23(30)31/h3-9,13-14,16,22H,10-12H2,1-2H3,(H,25,29)(H,30,31)/t16-,22+/m1/s1. The molecule has 4 rings (SSSR count). The lowest BCUT2D eigenvalue weighted by molar-refractivity contribution is -0.136. The van der Waals surface area contributed by atoms with Crippen LogP contribution in [0.15, 0.2) is 47.4 Å². The lowest BCUT2D eigenvalue weighted by atomic mass is 10.1. The lowest BCUT2D eigenvalue weighted by Crippen LogP contribution is -2.43. The summed E-state index contributed by atoms with van der Waals surface area (Å²) in [5.41, 5.74) is 0.597. The molecular weight excluding hydrogens is 479 g/mol. The fourth-order valence-electron chi connectivity index (χ4n) is 4.28. The van der Waals surface area contributed by atoms with Crippen LogP contribution >= 0.6 is 0 Å². The molecule has 1 fully saturated rings. The molecule has 0 radical (unpaired) electrons. The van der Waals surface area contributed by atoms with Gasteiger partial charge in [0.2, 0.25) is 16.4 Å². The molecule has 0 saturated carbocycles. The largest absolute Gasteiger partial charge is 0.491 e. The van der Waals surface area contributed by atoms with Crippen LogP contribution in [0.3, 0.4) is 0 Å². The number of hydrogen-bond donors (Lipinski definition) is 2. The van der Waals surface area contributed by atoms with Crippen LogP contribution in [-0.4, -0.2) is 58.8 Å². The van der Waals surface area contributed by atoms with Gasteiger partial charge in [-0.1, -0.05) is 0 Å². The van der Waals surface area contributed by atoms with Crippen molar-refractivity contribution in [3.63, 3.8) is 0 Å². The zero-order chi connectivity index (χ0) is 25.3. The Balaban J connectivity index is 1.69. The van der Waals surface area contributed by atoms with Gasteiger partial charge in [-0.25, -0.2) is 12.8 Å². The Morgan fingerprint density at radius 1 is 1.29 bits per heavy atom. The first-order valence-corrected chi connectivity index (χ1v) is 12.4. The van der Waals surface area contributed by atoms with E-state index in [-0.39, 0.29) is 36.1 Å². The molecule has 0 bridgehead atoms. The molecule has 0 aliphatic carbocycles. The van der Waals surface area contributed by atoms with Crippen molar-refractivity contribution in [3.05, 3.63) is 54.0 Å². The molecule has 2 atom stereocenters. The van der Waals surface area contributed by atoms with Crippen molar-refractivity contribution in [2.75, 3.05) is 6.54 Å². The monoisotopic (exact) mass is 504 g/mol. The highest BCUT2D eigenvalue weighted by Crippen LogP contribution is 2.34. The van der Waals surface area contributed by atoms with Gasteiger partial charge in [0.05, 0.1) is 40.8 Å². The van der Waals surface area contributed by atoms with E-state index in [1.165, 1.54) is 35.0 Å². The van der Waals surface area contributed by atoms with E-state index in [2.05, 4.69) is 10.4 Å². The molecule has 1 amide bonds. The van der Waals surface area contributed by atoms with Crippen LogP contribution in [0.25, 0.3) is 10.9 Å². The first-order chi connectivity index (χ1) is 16.6. The number of carbonyl (C=O) groups is 2. The summed E-state index contributed by atoms with van der Waals surface area (Å²) in [6.07, 6.45) is -0.731. The highest BCUT2D eigenvalue weighted by atomic mass is 32.2. The molecule has 12 heteroatoms. The summed E-state index contributed by atoms with van der Waals surface area (Å²) in [5.74, 6) is -1.10. The molecule has 35 heavy (non-hydrogen) atoms. The molecule has 0 spiro atoms. The summed E-state index contributed by atoms with van der Waals surface area (Å²) in [5, 5.41) is 16.6. The molecule has 2 N–H and O–H groups in total. The maximum absolute atomic E-state index is 14.0. The molecule has 2 heterocycles. The predicted octanol–water partition coefficient (Wildman–Crippen LogP) is 2.30. The van der Waals surface area contributed by atoms with E-state index in [1.807, 2.05) is 13.8 Å². The number of sulfonamides is 1. The van der Waals surface area contributed by atoms with Gasteiger partial charge in [0.1, 0.15) is 11.6 Å². The van der Waals surface area contributed by atoms with Crippen LogP contribution in [-0.2, 0) is 26.0 Å². The second-order valence-electron chi connectivity index (χ2n) is 8.53. The molecule has 1 saturated heterocycles. The molecular formula is C23H25FN4O6S. The Morgan fingerprint density at radius 2 is 2.00 bits per heavy atom. The van der Waals surface area contributed by atoms with Crippen LogP contribution in [0.2, 0.25) is 0 Å². The van der Waals surface area contributed by atoms with Crippen LogP contribution in [0, 0.1) is 5.82 Å². The van der Waals surface area contributed by atoms with Gasteiger partial charge in [0, 0.05) is 18.4 Å². The summed E-state index contributed by atoms with van der Waals surface area (Å²) in [4.78, 5) is 22.6. The number of amides is 1. The zero-order valence-corrected chi connectivity index (χ0v) is 19.9. The summed E-state index contributed by atoms with van der Waals surface area (Å²) in [6, 6.07) is 9.32. The fourth-order valence-corrected chi connectivity index (χ4v) is 5.88. The molecule has 1 aliphatic heterocycles. The predicted molar refractivity (Wildman–Crippen MR) is 124 cm³/mol. The molecule has 2 aromatic carbocycles. The van der Waals surface area contributed by atoms with E-state index in [0.717, 1.165) is 4.31 Å². The zero-order valence-electron chi connectivity index (χ0n) is 19.1. The van der Waals surface area contributed by atoms with E-state index in [1.54, 1.807) is 12.1 Å². The third kappa shape index (κ3) is 4.98. The quantitative estimate of drug-likeness (QED) is 0.428. The SMILES string of the molecule is CC(C)Oc1ccc(S(=O)(=O)N2C[C@H](n3nc(CC(=O)O)c4ccc(F)cc43)C[C@H]2NC=O)cc1. The number of halogens is 1. The minimum absolute atomic E-state index is 0.0230. The number of carboxylic acid groups (broad SMARTS) is 1. The second kappa shape index (κ2) is 9.62. The maximum atomic E-state index is 14.0. The molecule has 1 aliphatic rings. The Bertz CT molecular complexity index is 1360. The van der Waals surface area contributed by atoms with Crippen molar-refractivity contribution < 1.29 is 32.2 Å². The van der Waals surface area contributed by atoms with E-state index >= 15 is 0 Å². The number of carboxylic acids is 1. The number of rotatable bonds is 9. The van der Waals surface area contributed by atoms with E-state index in [0.29, 0.717) is 23.1 Å². The van der Waals surface area contributed by atoms with Gasteiger partial charge in [0.15, 0.2) is 0 Å². The van der Waals surface area contributed by atoms with Gasteiger partial charge in [0.25, 0.3) is 0 Å². The summed E-state index contributed by atoms with van der Waals surface area (Å²) < 4.78 is 49.1. The Morgan fingerprint density at radius 3 is 2.63 bits per heavy atom. The first-order valence-electron chi connectivity index (χ1n) is 11.0. The maximum Gasteiger partial charge on any atom is 0.309 e. The number of hydrogen-bond acceptors (Lipinski definition) is 6. The van der Waals surface area contributed by atoms with Crippen molar-refractivity contribution in [1.29, 1.82) is 0 Å². The minimum atomic E-state index is -4.02. The number of benzene rings is 2. The van der Waals surface area contributed by atoms with E-state index in [9.17, 15) is 27.5 Å². The van der Waals surface area contributed by atoms with Gasteiger partial charge < -0.3 is 15.2 Å². The third-order valence-corrected chi connectivity index (χ3v) is 7.60. The average Bonchev–Trinajstić information content (AvgIpc) is 3.35. The van der Waals surface area contributed by atoms with E-state index in [4.69, 9.17) is 4.74 Å². The molecule has 186 valence electrons. The Hall–Kier alpha value is -3.51. The second-order valence-corrected chi connectivity index (χ2v) is 10.4. The first kappa shape index (κ1) is 24.6. The van der Waals surface area contributed by atoms with Crippen LogP contribution in [0.4, 0.5) is 4.39 Å². The van der Waals surface area contributed by atoms with Gasteiger partial charge in [-0.05, 0) is 56.3 Å². The highest BCUT2D eigenvalue weighted by Gasteiger charge is 2.42. The number of aromatic nitrogens is 2. The summed E-state index contributed by atoms with van der Waals surface area (Å²) in [7, 11) is -4.02. The Kier molecular flexibility index (Phi) is 6.77. The summed E-state index contributed by atoms with van der Waals surface area (Å²) >= 11 is 0. The van der Waals surface area contributed by atoms with Gasteiger partial charge >= 0.3 is 5.97 Å². The number of nitrogens with zero attached hydrogens (tertiary/aromatic N) is 3. The van der Waals surface area contributed by atoms with Crippen LogP contribution in [0.5, 0.6) is 5.75 Å². The molecule has 1 aromatic heterocycles. The van der Waals surface area contributed by atoms with Crippen molar-refractivity contribution in [3.8, 4) is 5.75 Å². The Labute approximate surface area is 201 Å². The number of carbonyl (C=O) groups excluding carboxylic acids is 1. The molecule has 10 nitrogen and oxygen atoms in total. The van der Waals surface area contributed by atoms with Gasteiger partial charge in [-0.3, -0.25) is 14.3 Å². The fraction of sp³-hybridized carbons (Fsp3) is 0.348. The average molecular weight is 505 g/mol. The van der Waals surface area contributed by atoms with Crippen LogP contribution < -0.4 is 10.1 Å². The number of fused-ring (bicyclic) bond motifs is 1. The lowest BCUT2D eigenvalue weighted by Gasteiger charge is -2.23. The van der Waals surface area contributed by atoms with E-state index < -0.39 is 34.0 Å². The topological polar surface area (TPSA) is 131 Å². The van der Waals surface area contributed by atoms with Crippen LogP contribution in [0.1, 0.15) is 32.0 Å².